The molecule has 0 heterocycles. The van der Waals surface area contributed by atoms with Gasteiger partial charge in [0.2, 0.25) is 5.91 Å². The standard InChI is InChI=1S/C17H25NO.W.Y/c1-13-7-8-14(2)15(11-13)12-16(19)18-17(3)9-5-4-6-10-17;;/h8,11,13H,4-6,9-10,12H2,1-3H3,(H,18,19);;/q-2;;. The number of rotatable bonds is 3. The van der Waals surface area contributed by atoms with Crippen LogP contribution in [0.25, 0.3) is 0 Å². The maximum atomic E-state index is 12.2. The molecule has 0 bridgehead atoms. The van der Waals surface area contributed by atoms with Crippen LogP contribution >= 0.6 is 0 Å². The molecule has 1 saturated carbocycles. The Balaban J connectivity index is 0.00000200. The normalized spacial score (nSPS) is 23.5. The van der Waals surface area contributed by atoms with Crippen LogP contribution in [0.2, 0.25) is 0 Å². The topological polar surface area (TPSA) is 29.1 Å². The van der Waals surface area contributed by atoms with Crippen LogP contribution < -0.4 is 5.32 Å². The molecule has 2 rings (SSSR count). The summed E-state index contributed by atoms with van der Waals surface area (Å²) in [5.74, 6) is 0.481. The van der Waals surface area contributed by atoms with Crippen molar-refractivity contribution in [3.63, 3.8) is 0 Å². The predicted octanol–water partition coefficient (Wildman–Crippen LogP) is 3.74. The first-order valence-corrected chi connectivity index (χ1v) is 7.43. The van der Waals surface area contributed by atoms with Crippen molar-refractivity contribution in [2.75, 3.05) is 0 Å². The molecule has 2 aliphatic rings. The summed E-state index contributed by atoms with van der Waals surface area (Å²) in [6.45, 7) is 6.34. The predicted molar refractivity (Wildman–Crippen MR) is 78.2 cm³/mol. The second kappa shape index (κ2) is 9.68. The Bertz CT molecular complexity index is 411. The Morgan fingerprint density at radius 1 is 1.43 bits per heavy atom. The molecule has 1 fully saturated rings. The van der Waals surface area contributed by atoms with Crippen molar-refractivity contribution in [1.82, 2.24) is 5.32 Å². The maximum absolute atomic E-state index is 12.2. The summed E-state index contributed by atoms with van der Waals surface area (Å²) in [7, 11) is 0. The first-order valence-electron chi connectivity index (χ1n) is 7.43. The van der Waals surface area contributed by atoms with E-state index in [1.54, 1.807) is 0 Å². The van der Waals surface area contributed by atoms with E-state index in [2.05, 4.69) is 38.6 Å². The van der Waals surface area contributed by atoms with Gasteiger partial charge in [-0.2, -0.15) is 5.92 Å². The van der Waals surface area contributed by atoms with Crippen molar-refractivity contribution < 1.29 is 58.6 Å². The summed E-state index contributed by atoms with van der Waals surface area (Å²) >= 11 is 0. The van der Waals surface area contributed by atoms with Gasteiger partial charge in [-0.25, -0.2) is 23.6 Å². The molecule has 2 nitrogen and oxygen atoms in total. The van der Waals surface area contributed by atoms with E-state index >= 15 is 0 Å². The molecular formula is C17H25NOWY-2. The fourth-order valence-electron chi connectivity index (χ4n) is 3.04. The Hall–Kier alpha value is 0.612. The molecule has 1 unspecified atom stereocenters. The average molecular weight is 532 g/mol. The molecule has 1 atom stereocenters. The molecule has 0 aromatic carbocycles. The van der Waals surface area contributed by atoms with Crippen LogP contribution in [0, 0.1) is 18.4 Å². The van der Waals surface area contributed by atoms with Crippen molar-refractivity contribution in [3.8, 4) is 0 Å². The van der Waals surface area contributed by atoms with E-state index < -0.39 is 0 Å². The van der Waals surface area contributed by atoms with Gasteiger partial charge in [-0.15, -0.1) is 6.92 Å². The molecule has 0 saturated heterocycles. The smallest absolute Gasteiger partial charge is 0.221 e. The number of nitrogens with one attached hydrogen (secondary N) is 1. The van der Waals surface area contributed by atoms with Crippen LogP contribution in [0.1, 0.15) is 59.3 Å². The number of hydrogen-bond acceptors (Lipinski definition) is 1. The van der Waals surface area contributed by atoms with Gasteiger partial charge >= 0.3 is 0 Å². The van der Waals surface area contributed by atoms with Crippen molar-refractivity contribution in [2.45, 2.75) is 64.8 Å². The van der Waals surface area contributed by atoms with Gasteiger partial charge in [0, 0.05) is 65.7 Å². The van der Waals surface area contributed by atoms with Crippen molar-refractivity contribution in [3.05, 3.63) is 29.7 Å². The second-order valence-corrected chi connectivity index (χ2v) is 6.32. The average Bonchev–Trinajstić information content (AvgIpc) is 2.34. The zero-order chi connectivity index (χ0) is 13.9. The molecule has 1 N–H and O–H groups in total. The zero-order valence-electron chi connectivity index (χ0n) is 13.4. The minimum atomic E-state index is 0. The van der Waals surface area contributed by atoms with Crippen molar-refractivity contribution >= 4 is 5.91 Å². The van der Waals surface area contributed by atoms with E-state index in [0.717, 1.165) is 18.4 Å². The molecule has 1 radical (unpaired) electrons. The third-order valence-electron chi connectivity index (χ3n) is 4.27. The molecular weight excluding hydrogens is 507 g/mol. The number of carbonyl (C=O) groups is 1. The molecule has 0 aromatic rings. The minimum Gasteiger partial charge on any atom is -0.351 e. The van der Waals surface area contributed by atoms with Crippen molar-refractivity contribution in [1.29, 1.82) is 0 Å². The summed E-state index contributed by atoms with van der Waals surface area (Å²) < 4.78 is 0. The monoisotopic (exact) mass is 532 g/mol. The molecule has 4 heteroatoms. The summed E-state index contributed by atoms with van der Waals surface area (Å²) in [6, 6.07) is 0. The Kier molecular flexibility index (Phi) is 9.97. The minimum absolute atomic E-state index is 0. The number of allylic oxidation sites excluding steroid dienone is 3. The quantitative estimate of drug-likeness (QED) is 0.552. The van der Waals surface area contributed by atoms with Crippen LogP contribution in [-0.2, 0) is 58.6 Å². The number of hydrogen-bond donors (Lipinski definition) is 1. The molecule has 0 aliphatic heterocycles. The molecule has 21 heavy (non-hydrogen) atoms. The first-order chi connectivity index (χ1) is 8.98. The summed E-state index contributed by atoms with van der Waals surface area (Å²) in [6.07, 6.45) is 13.9. The third-order valence-corrected chi connectivity index (χ3v) is 4.27. The van der Waals surface area contributed by atoms with Gasteiger partial charge < -0.3 is 5.32 Å². The van der Waals surface area contributed by atoms with Gasteiger partial charge in [0.1, 0.15) is 0 Å². The summed E-state index contributed by atoms with van der Waals surface area (Å²) in [5.41, 5.74) is 2.34. The van der Waals surface area contributed by atoms with E-state index in [1.165, 1.54) is 24.8 Å². The fraction of sp³-hybridized carbons (Fsp3) is 0.647. The second-order valence-electron chi connectivity index (χ2n) is 6.32. The van der Waals surface area contributed by atoms with Crippen LogP contribution in [0.15, 0.2) is 17.2 Å². The van der Waals surface area contributed by atoms with Crippen LogP contribution in [0.5, 0.6) is 0 Å². The van der Waals surface area contributed by atoms with Gasteiger partial charge in [-0.05, 0) is 19.8 Å². The van der Waals surface area contributed by atoms with Gasteiger partial charge in [0.15, 0.2) is 0 Å². The summed E-state index contributed by atoms with van der Waals surface area (Å²) in [4.78, 5) is 12.2. The first kappa shape index (κ1) is 21.6. The molecule has 0 spiro atoms. The third kappa shape index (κ3) is 6.71. The fourth-order valence-corrected chi connectivity index (χ4v) is 3.04. The van der Waals surface area contributed by atoms with E-state index in [4.69, 9.17) is 0 Å². The Morgan fingerprint density at radius 2 is 2.05 bits per heavy atom. The van der Waals surface area contributed by atoms with Gasteiger partial charge in [-0.1, -0.05) is 26.2 Å². The SMILES string of the molecule is CC1=C(CC(=O)NC2(C)CCCCC2)[CH-]C(C)[C-]=C1.[W].[Y]. The van der Waals surface area contributed by atoms with Crippen LogP contribution in [-0.4, -0.2) is 11.4 Å². The number of amides is 1. The van der Waals surface area contributed by atoms with E-state index in [1.807, 2.05) is 6.08 Å². The van der Waals surface area contributed by atoms with Crippen LogP contribution in [0.4, 0.5) is 0 Å². The Morgan fingerprint density at radius 3 is 2.67 bits per heavy atom. The molecule has 115 valence electrons. The van der Waals surface area contributed by atoms with E-state index in [-0.39, 0.29) is 65.2 Å². The molecule has 0 aromatic heterocycles. The van der Waals surface area contributed by atoms with Crippen LogP contribution in [0.3, 0.4) is 0 Å². The molecule has 2 aliphatic carbocycles. The van der Waals surface area contributed by atoms with Crippen molar-refractivity contribution in [2.24, 2.45) is 5.92 Å². The Labute approximate surface area is 169 Å². The van der Waals surface area contributed by atoms with Gasteiger partial charge in [0.05, 0.1) is 0 Å². The van der Waals surface area contributed by atoms with E-state index in [9.17, 15) is 4.79 Å². The largest absolute Gasteiger partial charge is 0.351 e. The maximum Gasteiger partial charge on any atom is 0.221 e. The molecule has 1 amide bonds. The van der Waals surface area contributed by atoms with Gasteiger partial charge in [-0.3, -0.25) is 10.9 Å². The number of carbonyl (C=O) groups excluding carboxylic acids is 1. The summed E-state index contributed by atoms with van der Waals surface area (Å²) in [5, 5.41) is 3.25. The van der Waals surface area contributed by atoms with Gasteiger partial charge in [0.25, 0.3) is 0 Å². The van der Waals surface area contributed by atoms with E-state index in [0.29, 0.717) is 12.3 Å². The zero-order valence-corrected chi connectivity index (χ0v) is 19.1.